The Kier molecular flexibility index (Phi) is 8.01. The average Bonchev–Trinajstić information content (AvgIpc) is 3.68. The molecule has 0 atom stereocenters. The monoisotopic (exact) mass is 602 g/mol. The molecule has 3 aromatic heterocycles. The van der Waals surface area contributed by atoms with Gasteiger partial charge in [0.1, 0.15) is 6.33 Å². The molecule has 44 heavy (non-hydrogen) atoms. The van der Waals surface area contributed by atoms with Gasteiger partial charge >= 0.3 is 12.2 Å². The van der Waals surface area contributed by atoms with E-state index in [0.717, 1.165) is 35.0 Å². The third kappa shape index (κ3) is 6.72. The number of carbonyl (C=O) groups is 2. The maximum atomic E-state index is 12.6. The van der Waals surface area contributed by atoms with Crippen molar-refractivity contribution in [2.75, 3.05) is 23.7 Å². The van der Waals surface area contributed by atoms with E-state index in [1.165, 1.54) is 0 Å². The molecule has 4 heterocycles. The predicted molar refractivity (Wildman–Crippen MR) is 159 cm³/mol. The van der Waals surface area contributed by atoms with Gasteiger partial charge in [-0.1, -0.05) is 12.1 Å². The number of nitrogens with one attached hydrogen (secondary N) is 2. The van der Waals surface area contributed by atoms with E-state index in [0.29, 0.717) is 30.2 Å². The Hall–Kier alpha value is -5.20. The molecule has 3 amide bonds. The van der Waals surface area contributed by atoms with E-state index in [2.05, 4.69) is 25.7 Å². The van der Waals surface area contributed by atoms with Gasteiger partial charge in [0.05, 0.1) is 41.6 Å². The van der Waals surface area contributed by atoms with Crippen molar-refractivity contribution in [1.29, 1.82) is 0 Å². The summed E-state index contributed by atoms with van der Waals surface area (Å²) in [6.45, 7) is 1.24. The van der Waals surface area contributed by atoms with Crippen LogP contribution in [0.2, 0.25) is 0 Å². The number of hydrogen-bond donors (Lipinski definition) is 2. The molecule has 0 saturated carbocycles. The summed E-state index contributed by atoms with van der Waals surface area (Å²) < 4.78 is 41.2. The average molecular weight is 603 g/mol. The van der Waals surface area contributed by atoms with Gasteiger partial charge in [-0.05, 0) is 60.9 Å². The number of piperidine rings is 1. The van der Waals surface area contributed by atoms with Crippen molar-refractivity contribution >= 4 is 34.3 Å². The third-order valence-electron chi connectivity index (χ3n) is 7.56. The molecule has 5 aromatic rings. The highest BCUT2D eigenvalue weighted by molar-refractivity contribution is 5.91. The summed E-state index contributed by atoms with van der Waals surface area (Å²) in [5.41, 5.74) is 5.26. The number of pyridine rings is 1. The minimum atomic E-state index is -4.38. The third-order valence-corrected chi connectivity index (χ3v) is 7.56. The van der Waals surface area contributed by atoms with Gasteiger partial charge in [-0.15, -0.1) is 0 Å². The molecule has 10 nitrogen and oxygen atoms in total. The van der Waals surface area contributed by atoms with E-state index in [1.807, 2.05) is 45.9 Å². The molecule has 0 aliphatic carbocycles. The number of urea groups is 1. The fraction of sp³-hybridized carbons (Fsp3) is 0.258. The Labute approximate surface area is 250 Å². The zero-order chi connectivity index (χ0) is 30.7. The SMILES string of the molecule is O=C(CCC(F)(F)F)Nc1cccc(-n2cnc3cc(-c4cnn(C5CCN(C(=O)Nc6cccnc6)CC5)c4)ccc32)c1. The van der Waals surface area contributed by atoms with Crippen LogP contribution < -0.4 is 10.6 Å². The number of aromatic nitrogens is 5. The van der Waals surface area contributed by atoms with Crippen molar-refractivity contribution in [2.45, 2.75) is 37.9 Å². The Morgan fingerprint density at radius 3 is 2.52 bits per heavy atom. The first kappa shape index (κ1) is 28.9. The Bertz CT molecular complexity index is 1780. The first-order valence-electron chi connectivity index (χ1n) is 14.2. The fourth-order valence-corrected chi connectivity index (χ4v) is 5.27. The fourth-order valence-electron chi connectivity index (χ4n) is 5.27. The van der Waals surface area contributed by atoms with Crippen molar-refractivity contribution in [1.82, 2.24) is 29.2 Å². The predicted octanol–water partition coefficient (Wildman–Crippen LogP) is 6.43. The van der Waals surface area contributed by atoms with Gasteiger partial charge in [-0.3, -0.25) is 19.0 Å². The molecule has 226 valence electrons. The lowest BCUT2D eigenvalue weighted by atomic mass is 10.1. The number of fused-ring (bicyclic) bond motifs is 1. The summed E-state index contributed by atoms with van der Waals surface area (Å²) in [5, 5.41) is 10.0. The molecule has 13 heteroatoms. The van der Waals surface area contributed by atoms with Crippen molar-refractivity contribution in [2.24, 2.45) is 0 Å². The molecule has 1 fully saturated rings. The molecule has 1 aliphatic heterocycles. The van der Waals surface area contributed by atoms with Crippen molar-refractivity contribution in [3.8, 4) is 16.8 Å². The molecule has 1 saturated heterocycles. The Morgan fingerprint density at radius 2 is 1.75 bits per heavy atom. The van der Waals surface area contributed by atoms with Crippen LogP contribution >= 0.6 is 0 Å². The van der Waals surface area contributed by atoms with E-state index in [4.69, 9.17) is 0 Å². The van der Waals surface area contributed by atoms with Gasteiger partial charge < -0.3 is 15.5 Å². The number of halogens is 3. The van der Waals surface area contributed by atoms with Gasteiger partial charge in [-0.25, -0.2) is 9.78 Å². The number of likely N-dealkylation sites (tertiary alicyclic amines) is 1. The topological polar surface area (TPSA) is 110 Å². The highest BCUT2D eigenvalue weighted by Crippen LogP contribution is 2.29. The zero-order valence-corrected chi connectivity index (χ0v) is 23.5. The number of benzene rings is 2. The number of nitrogens with zero attached hydrogens (tertiary/aromatic N) is 6. The van der Waals surface area contributed by atoms with Crippen LogP contribution in [0, 0.1) is 0 Å². The highest BCUT2D eigenvalue weighted by atomic mass is 19.4. The van der Waals surface area contributed by atoms with Crippen molar-refractivity contribution in [3.63, 3.8) is 0 Å². The van der Waals surface area contributed by atoms with Gasteiger partial charge in [-0.2, -0.15) is 18.3 Å². The van der Waals surface area contributed by atoms with Crippen LogP contribution in [-0.4, -0.2) is 60.4 Å². The second-order valence-corrected chi connectivity index (χ2v) is 10.6. The molecule has 0 radical (unpaired) electrons. The van der Waals surface area contributed by atoms with Crippen LogP contribution in [0.15, 0.2) is 85.7 Å². The largest absolute Gasteiger partial charge is 0.389 e. The molecule has 6 rings (SSSR count). The molecular formula is C31H29F3N8O2. The van der Waals surface area contributed by atoms with Gasteiger partial charge in [0, 0.05) is 48.8 Å². The molecule has 0 unspecified atom stereocenters. The highest BCUT2D eigenvalue weighted by Gasteiger charge is 2.28. The number of carbonyl (C=O) groups excluding carboxylic acids is 2. The van der Waals surface area contributed by atoms with E-state index in [9.17, 15) is 22.8 Å². The van der Waals surface area contributed by atoms with Gasteiger partial charge in [0.2, 0.25) is 5.91 Å². The quantitative estimate of drug-likeness (QED) is 0.223. The Balaban J connectivity index is 1.10. The van der Waals surface area contributed by atoms with E-state index in [1.54, 1.807) is 54.0 Å². The van der Waals surface area contributed by atoms with Crippen LogP contribution in [0.4, 0.5) is 29.3 Å². The molecule has 2 aromatic carbocycles. The van der Waals surface area contributed by atoms with Crippen LogP contribution in [0.3, 0.4) is 0 Å². The molecule has 0 bridgehead atoms. The number of hydrogen-bond acceptors (Lipinski definition) is 5. The number of rotatable bonds is 7. The van der Waals surface area contributed by atoms with Crippen molar-refractivity contribution < 1.29 is 22.8 Å². The molecule has 1 aliphatic rings. The summed E-state index contributed by atoms with van der Waals surface area (Å²) >= 11 is 0. The first-order chi connectivity index (χ1) is 21.2. The summed E-state index contributed by atoms with van der Waals surface area (Å²) in [6, 6.07) is 16.4. The smallest absolute Gasteiger partial charge is 0.326 e. The molecule has 2 N–H and O–H groups in total. The maximum Gasteiger partial charge on any atom is 0.389 e. The number of alkyl halides is 3. The summed E-state index contributed by atoms with van der Waals surface area (Å²) in [5.74, 6) is -0.697. The number of imidazole rings is 1. The lowest BCUT2D eigenvalue weighted by Crippen LogP contribution is -2.41. The lowest BCUT2D eigenvalue weighted by Gasteiger charge is -2.32. The second-order valence-electron chi connectivity index (χ2n) is 10.6. The van der Waals surface area contributed by atoms with Crippen molar-refractivity contribution in [3.05, 3.63) is 85.7 Å². The van der Waals surface area contributed by atoms with Gasteiger partial charge in [0.15, 0.2) is 0 Å². The van der Waals surface area contributed by atoms with E-state index < -0.39 is 24.9 Å². The number of anilines is 2. The molecular weight excluding hydrogens is 573 g/mol. The van der Waals surface area contributed by atoms with Crippen LogP contribution in [0.1, 0.15) is 31.7 Å². The minimum Gasteiger partial charge on any atom is -0.326 e. The van der Waals surface area contributed by atoms with Crippen LogP contribution in [0.5, 0.6) is 0 Å². The summed E-state index contributed by atoms with van der Waals surface area (Å²) in [4.78, 5) is 35.0. The summed E-state index contributed by atoms with van der Waals surface area (Å²) in [7, 11) is 0. The van der Waals surface area contributed by atoms with E-state index >= 15 is 0 Å². The minimum absolute atomic E-state index is 0.136. The molecule has 0 spiro atoms. The summed E-state index contributed by atoms with van der Waals surface area (Å²) in [6.07, 6.45) is 4.16. The zero-order valence-electron chi connectivity index (χ0n) is 23.5. The standard InChI is InChI=1S/C31H29F3N8O2/c32-31(33,34)11-8-29(43)38-23-3-1-5-26(16-23)41-20-36-27-15-21(6-7-28(27)41)22-17-37-42(19-22)25-9-13-40(14-10-25)30(44)39-24-4-2-12-35-18-24/h1-7,12,15-20,25H,8-11,13-14H2,(H,38,43)(H,39,44). The Morgan fingerprint density at radius 1 is 0.932 bits per heavy atom. The normalized spacial score (nSPS) is 14.1. The van der Waals surface area contributed by atoms with Crippen LogP contribution in [-0.2, 0) is 4.79 Å². The lowest BCUT2D eigenvalue weighted by molar-refractivity contribution is -0.142. The van der Waals surface area contributed by atoms with Crippen LogP contribution in [0.25, 0.3) is 27.8 Å². The van der Waals surface area contributed by atoms with Gasteiger partial charge in [0.25, 0.3) is 0 Å². The first-order valence-corrected chi connectivity index (χ1v) is 14.2. The second kappa shape index (κ2) is 12.2. The maximum absolute atomic E-state index is 12.6. The number of amides is 3. The van der Waals surface area contributed by atoms with E-state index in [-0.39, 0.29) is 12.1 Å².